The van der Waals surface area contributed by atoms with Gasteiger partial charge in [0.1, 0.15) is 35.1 Å². The van der Waals surface area contributed by atoms with Crippen molar-refractivity contribution in [3.63, 3.8) is 0 Å². The number of aliphatic imine (C=N–C) groups is 1. The van der Waals surface area contributed by atoms with E-state index in [2.05, 4.69) is 25.3 Å². The number of halogens is 4. The summed E-state index contributed by atoms with van der Waals surface area (Å²) in [5.74, 6) is -0.290. The predicted molar refractivity (Wildman–Crippen MR) is 105 cm³/mol. The van der Waals surface area contributed by atoms with E-state index in [1.165, 1.54) is 12.1 Å². The molecule has 0 saturated carbocycles. The van der Waals surface area contributed by atoms with Gasteiger partial charge in [-0.25, -0.2) is 9.98 Å². The Balaban J connectivity index is 2.15. The molecular formula is C16H10F3IN8O. The van der Waals surface area contributed by atoms with Crippen LogP contribution in [0.5, 0.6) is 5.75 Å². The second-order valence-corrected chi connectivity index (χ2v) is 6.80. The summed E-state index contributed by atoms with van der Waals surface area (Å²) in [6.07, 6.45) is -3.13. The Hall–Kier alpha value is -3.46. The summed E-state index contributed by atoms with van der Waals surface area (Å²) in [5.41, 5.74) is 12.6. The Morgan fingerprint density at radius 1 is 1.28 bits per heavy atom. The van der Waals surface area contributed by atoms with Gasteiger partial charge >= 0.3 is 6.36 Å². The number of fused-ring (bicyclic) bond motifs is 1. The van der Waals surface area contributed by atoms with E-state index in [0.717, 1.165) is 6.07 Å². The zero-order chi connectivity index (χ0) is 21.3. The van der Waals surface area contributed by atoms with Crippen LogP contribution in [0.4, 0.5) is 30.5 Å². The van der Waals surface area contributed by atoms with Crippen molar-refractivity contribution in [3.05, 3.63) is 38.5 Å². The first-order chi connectivity index (χ1) is 13.6. The first-order valence-electron chi connectivity index (χ1n) is 7.68. The first kappa shape index (κ1) is 20.3. The second kappa shape index (κ2) is 7.51. The lowest BCUT2D eigenvalue weighted by Gasteiger charge is -2.26. The molecule has 6 N–H and O–H groups in total. The van der Waals surface area contributed by atoms with Crippen molar-refractivity contribution in [3.8, 4) is 18.0 Å². The number of nitrogens with zero attached hydrogens (tertiary/aromatic N) is 4. The van der Waals surface area contributed by atoms with Crippen LogP contribution in [0.2, 0.25) is 0 Å². The maximum Gasteiger partial charge on any atom is 0.573 e. The lowest BCUT2D eigenvalue weighted by molar-refractivity contribution is -0.274. The Kier molecular flexibility index (Phi) is 5.25. The molecule has 0 bridgehead atoms. The molecule has 0 amide bonds. The van der Waals surface area contributed by atoms with E-state index < -0.39 is 12.4 Å². The molecule has 0 aliphatic carbocycles. The van der Waals surface area contributed by atoms with E-state index in [0.29, 0.717) is 11.1 Å². The molecule has 0 saturated heterocycles. The highest BCUT2D eigenvalue weighted by Crippen LogP contribution is 2.41. The third kappa shape index (κ3) is 4.04. The molecule has 1 unspecified atom stereocenters. The lowest BCUT2D eigenvalue weighted by atomic mass is 9.95. The molecule has 13 heteroatoms. The monoisotopic (exact) mass is 514 g/mol. The molecule has 1 aromatic carbocycles. The number of nitrogens with two attached hydrogens (primary N) is 2. The minimum atomic E-state index is -4.83. The first-order valence-corrected chi connectivity index (χ1v) is 8.76. The summed E-state index contributed by atoms with van der Waals surface area (Å²) in [6.45, 7) is 0. The van der Waals surface area contributed by atoms with Gasteiger partial charge in [0.2, 0.25) is 5.96 Å². The fourth-order valence-corrected chi connectivity index (χ4v) is 3.37. The number of hydrogen-bond acceptors (Lipinski definition) is 9. The average molecular weight is 514 g/mol. The van der Waals surface area contributed by atoms with Crippen molar-refractivity contribution >= 4 is 45.9 Å². The van der Waals surface area contributed by atoms with Crippen molar-refractivity contribution in [1.82, 2.24) is 10.3 Å². The van der Waals surface area contributed by atoms with Crippen LogP contribution >= 0.6 is 22.6 Å². The minimum Gasteiger partial charge on any atom is -0.405 e. The molecule has 148 valence electrons. The van der Waals surface area contributed by atoms with Gasteiger partial charge in [0, 0.05) is 5.56 Å². The highest BCUT2D eigenvalue weighted by molar-refractivity contribution is 14.1. The van der Waals surface area contributed by atoms with Crippen molar-refractivity contribution in [2.24, 2.45) is 4.99 Å². The molecule has 2 heterocycles. The number of ether oxygens (including phenoxy) is 1. The van der Waals surface area contributed by atoms with Crippen molar-refractivity contribution < 1.29 is 17.9 Å². The molecular weight excluding hydrogens is 504 g/mol. The van der Waals surface area contributed by atoms with Gasteiger partial charge < -0.3 is 21.5 Å². The number of pyridine rings is 1. The largest absolute Gasteiger partial charge is 0.573 e. The van der Waals surface area contributed by atoms with Crippen LogP contribution in [-0.2, 0) is 0 Å². The number of nitrogen functional groups attached to an aromatic ring is 2. The standard InChI is InChI=1S/C16H10F3IN8O/c17-16(18,19)29-9-2-1-6(3-8(9)20)12-10-11(23)7(4-21)13(24)27-14(10)28-15(26-12)25-5-22/h1-3,12H,(H6,23,24,25,26,27,28). The van der Waals surface area contributed by atoms with Gasteiger partial charge in [-0.05, 0) is 40.3 Å². The van der Waals surface area contributed by atoms with E-state index in [1.807, 2.05) is 6.07 Å². The van der Waals surface area contributed by atoms with E-state index in [9.17, 15) is 18.4 Å². The number of hydrogen-bond donors (Lipinski definition) is 4. The van der Waals surface area contributed by atoms with Crippen LogP contribution in [0.25, 0.3) is 0 Å². The molecule has 9 nitrogen and oxygen atoms in total. The quantitative estimate of drug-likeness (QED) is 0.271. The Labute approximate surface area is 175 Å². The van der Waals surface area contributed by atoms with Gasteiger partial charge in [0.25, 0.3) is 0 Å². The topological polar surface area (TPSA) is 158 Å². The Bertz CT molecular complexity index is 1100. The minimum absolute atomic E-state index is 0.0258. The molecule has 0 spiro atoms. The maximum absolute atomic E-state index is 12.5. The van der Waals surface area contributed by atoms with Gasteiger partial charge in [-0.1, -0.05) is 6.07 Å². The number of anilines is 3. The second-order valence-electron chi connectivity index (χ2n) is 5.64. The third-order valence-corrected chi connectivity index (χ3v) is 4.70. The zero-order valence-corrected chi connectivity index (χ0v) is 16.3. The Morgan fingerprint density at radius 3 is 2.59 bits per heavy atom. The van der Waals surface area contributed by atoms with Crippen LogP contribution in [0, 0.1) is 26.4 Å². The van der Waals surface area contributed by atoms with Crippen molar-refractivity contribution in [2.75, 3.05) is 16.8 Å². The van der Waals surface area contributed by atoms with Gasteiger partial charge in [-0.2, -0.15) is 10.5 Å². The summed E-state index contributed by atoms with van der Waals surface area (Å²) in [4.78, 5) is 8.43. The van der Waals surface area contributed by atoms with Crippen LogP contribution in [0.15, 0.2) is 23.2 Å². The summed E-state index contributed by atoms with van der Waals surface area (Å²) in [5, 5.41) is 23.3. The van der Waals surface area contributed by atoms with Crippen LogP contribution < -0.4 is 26.8 Å². The number of benzene rings is 1. The van der Waals surface area contributed by atoms with Crippen molar-refractivity contribution in [2.45, 2.75) is 12.4 Å². The molecule has 1 aromatic heterocycles. The number of aromatic nitrogens is 1. The smallest absolute Gasteiger partial charge is 0.405 e. The third-order valence-electron chi connectivity index (χ3n) is 3.85. The highest BCUT2D eigenvalue weighted by atomic mass is 127. The average Bonchev–Trinajstić information content (AvgIpc) is 2.62. The summed E-state index contributed by atoms with van der Waals surface area (Å²) < 4.78 is 41.7. The maximum atomic E-state index is 12.5. The predicted octanol–water partition coefficient (Wildman–Crippen LogP) is 2.56. The van der Waals surface area contributed by atoms with Gasteiger partial charge in [0.05, 0.1) is 9.26 Å². The van der Waals surface area contributed by atoms with E-state index >= 15 is 0 Å². The molecule has 29 heavy (non-hydrogen) atoms. The number of rotatable bonds is 2. The molecule has 3 rings (SSSR count). The van der Waals surface area contributed by atoms with Gasteiger partial charge in [-0.3, -0.25) is 5.32 Å². The number of nitrogens with one attached hydrogen (secondary N) is 2. The van der Waals surface area contributed by atoms with Gasteiger partial charge in [-0.15, -0.1) is 13.2 Å². The van der Waals surface area contributed by atoms with Crippen molar-refractivity contribution in [1.29, 1.82) is 10.5 Å². The number of alkyl halides is 3. The van der Waals surface area contributed by atoms with Crippen LogP contribution in [0.1, 0.15) is 22.7 Å². The van der Waals surface area contributed by atoms with Crippen LogP contribution in [-0.4, -0.2) is 17.3 Å². The molecule has 1 aliphatic heterocycles. The normalized spacial score (nSPS) is 15.2. The Morgan fingerprint density at radius 2 is 2.00 bits per heavy atom. The fourth-order valence-electron chi connectivity index (χ4n) is 2.72. The number of nitriles is 2. The SMILES string of the molecule is N#CNC1=NC(c2ccc(OC(F)(F)F)c(I)c2)c2c(nc(N)c(C#N)c2N)N1. The fraction of sp³-hybridized carbons (Fsp3) is 0.125. The molecule has 0 fully saturated rings. The molecule has 1 atom stereocenters. The summed E-state index contributed by atoms with van der Waals surface area (Å²) in [6, 6.07) is 4.94. The lowest BCUT2D eigenvalue weighted by Crippen LogP contribution is -2.32. The van der Waals surface area contributed by atoms with E-state index in [1.54, 1.807) is 28.8 Å². The van der Waals surface area contributed by atoms with Gasteiger partial charge in [0.15, 0.2) is 6.19 Å². The summed E-state index contributed by atoms with van der Waals surface area (Å²) in [7, 11) is 0. The van der Waals surface area contributed by atoms with Crippen LogP contribution in [0.3, 0.4) is 0 Å². The van der Waals surface area contributed by atoms with E-state index in [-0.39, 0.29) is 38.2 Å². The van der Waals surface area contributed by atoms with E-state index in [4.69, 9.17) is 16.7 Å². The highest BCUT2D eigenvalue weighted by Gasteiger charge is 2.33. The molecule has 2 aromatic rings. The summed E-state index contributed by atoms with van der Waals surface area (Å²) >= 11 is 1.70. The zero-order valence-electron chi connectivity index (χ0n) is 14.2. The molecule has 0 radical (unpaired) electrons. The number of guanidine groups is 1. The molecule has 1 aliphatic rings.